The molecular formula is C33H41N3O4S. The second-order valence-electron chi connectivity index (χ2n) is 11.3. The van der Waals surface area contributed by atoms with E-state index >= 15 is 0 Å². The zero-order valence-corrected chi connectivity index (χ0v) is 25.4. The minimum atomic E-state index is -3.72. The van der Waals surface area contributed by atoms with Crippen molar-refractivity contribution in [3.63, 3.8) is 0 Å². The third-order valence-corrected chi connectivity index (χ3v) is 8.59. The van der Waals surface area contributed by atoms with E-state index in [1.165, 1.54) is 0 Å². The van der Waals surface area contributed by atoms with Crippen molar-refractivity contribution < 1.29 is 17.9 Å². The van der Waals surface area contributed by atoms with E-state index < -0.39 is 15.6 Å². The average molecular weight is 576 g/mol. The van der Waals surface area contributed by atoms with E-state index in [4.69, 9.17) is 4.74 Å². The Labute approximate surface area is 244 Å². The molecule has 1 unspecified atom stereocenters. The van der Waals surface area contributed by atoms with Crippen LogP contribution in [0.4, 0.5) is 0 Å². The summed E-state index contributed by atoms with van der Waals surface area (Å²) < 4.78 is 34.6. The maximum atomic E-state index is 13.3. The molecule has 0 amide bonds. The number of ether oxygens (including phenoxy) is 1. The van der Waals surface area contributed by atoms with Gasteiger partial charge in [-0.2, -0.15) is 0 Å². The largest absolute Gasteiger partial charge is 0.463 e. The fourth-order valence-corrected chi connectivity index (χ4v) is 6.80. The Bertz CT molecular complexity index is 1480. The van der Waals surface area contributed by atoms with E-state index in [9.17, 15) is 13.2 Å². The minimum Gasteiger partial charge on any atom is -0.463 e. The Kier molecular flexibility index (Phi) is 9.68. The number of benzene rings is 3. The molecule has 0 aliphatic carbocycles. The molecule has 1 aliphatic rings. The fourth-order valence-electron chi connectivity index (χ4n) is 5.15. The molecule has 1 atom stereocenters. The molecule has 3 aromatic rings. The van der Waals surface area contributed by atoms with Gasteiger partial charge in [-0.05, 0) is 63.3 Å². The van der Waals surface area contributed by atoms with Crippen LogP contribution in [0.25, 0.3) is 11.1 Å². The van der Waals surface area contributed by atoms with Crippen LogP contribution in [-0.2, 0) is 32.4 Å². The number of rotatable bonds is 11. The van der Waals surface area contributed by atoms with Crippen LogP contribution in [-0.4, -0.2) is 44.1 Å². The lowest BCUT2D eigenvalue weighted by Gasteiger charge is -2.23. The van der Waals surface area contributed by atoms with Crippen LogP contribution in [0.3, 0.4) is 0 Å². The van der Waals surface area contributed by atoms with Crippen LogP contribution >= 0.6 is 0 Å². The first-order valence-electron chi connectivity index (χ1n) is 14.2. The van der Waals surface area contributed by atoms with Crippen LogP contribution in [0.2, 0.25) is 0 Å². The lowest BCUT2D eigenvalue weighted by molar-refractivity contribution is -0.138. The van der Waals surface area contributed by atoms with Crippen molar-refractivity contribution in [1.82, 2.24) is 15.2 Å². The number of esters is 1. The Morgan fingerprint density at radius 1 is 0.927 bits per heavy atom. The summed E-state index contributed by atoms with van der Waals surface area (Å²) in [5.74, 6) is -0.295. The molecule has 7 nitrogen and oxygen atoms in total. The Morgan fingerprint density at radius 2 is 1.59 bits per heavy atom. The molecule has 0 fully saturated rings. The summed E-state index contributed by atoms with van der Waals surface area (Å²) in [7, 11) is -3.72. The number of carbonyl (C=O) groups excluding carboxylic acids is 1. The van der Waals surface area contributed by atoms with Gasteiger partial charge in [0, 0.05) is 29.8 Å². The van der Waals surface area contributed by atoms with Crippen molar-refractivity contribution in [2.24, 2.45) is 0 Å². The molecule has 1 aliphatic heterocycles. The van der Waals surface area contributed by atoms with E-state index in [-0.39, 0.29) is 16.9 Å². The topological polar surface area (TPSA) is 87.7 Å². The molecule has 41 heavy (non-hydrogen) atoms. The maximum absolute atomic E-state index is 13.3. The van der Waals surface area contributed by atoms with Crippen molar-refractivity contribution in [3.05, 3.63) is 101 Å². The zero-order valence-electron chi connectivity index (χ0n) is 24.6. The third-order valence-electron chi connectivity index (χ3n) is 6.78. The molecule has 0 saturated carbocycles. The predicted octanol–water partition coefficient (Wildman–Crippen LogP) is 5.63. The van der Waals surface area contributed by atoms with Crippen molar-refractivity contribution in [1.29, 1.82) is 0 Å². The average Bonchev–Trinajstić information content (AvgIpc) is 3.24. The summed E-state index contributed by atoms with van der Waals surface area (Å²) in [6, 6.07) is 24.9. The quantitative estimate of drug-likeness (QED) is 0.288. The standard InChI is InChI=1S/C33H41N3O4S/c1-6-21-36-29(31(32(37)40-7-2)28(34-36)22-24-13-9-8-10-14-24)23-25-17-19-26(20-18-25)27-15-11-12-16-30(27)41(38,39)35-33(3,4)5/h8-20,28,34-35H,6-7,21-23H2,1-5H3. The molecule has 218 valence electrons. The molecule has 0 radical (unpaired) electrons. The Balaban J connectivity index is 1.67. The highest BCUT2D eigenvalue weighted by atomic mass is 32.2. The first-order chi connectivity index (χ1) is 19.5. The van der Waals surface area contributed by atoms with Gasteiger partial charge in [0.2, 0.25) is 10.0 Å². The number of hydrazine groups is 1. The number of sulfonamides is 1. The number of nitrogens with zero attached hydrogens (tertiary/aromatic N) is 1. The van der Waals surface area contributed by atoms with Gasteiger partial charge in [-0.25, -0.2) is 23.4 Å². The van der Waals surface area contributed by atoms with E-state index in [0.29, 0.717) is 30.6 Å². The molecule has 8 heteroatoms. The van der Waals surface area contributed by atoms with E-state index in [1.54, 1.807) is 12.1 Å². The summed E-state index contributed by atoms with van der Waals surface area (Å²) in [6.07, 6.45) is 2.13. The molecule has 0 aromatic heterocycles. The van der Waals surface area contributed by atoms with Gasteiger partial charge in [0.25, 0.3) is 0 Å². The van der Waals surface area contributed by atoms with Gasteiger partial charge >= 0.3 is 5.97 Å². The maximum Gasteiger partial charge on any atom is 0.337 e. The van der Waals surface area contributed by atoms with Gasteiger partial charge in [-0.15, -0.1) is 0 Å². The van der Waals surface area contributed by atoms with Gasteiger partial charge in [0.15, 0.2) is 0 Å². The Morgan fingerprint density at radius 3 is 2.22 bits per heavy atom. The van der Waals surface area contributed by atoms with E-state index in [0.717, 1.165) is 35.4 Å². The highest BCUT2D eigenvalue weighted by Crippen LogP contribution is 2.31. The first-order valence-corrected chi connectivity index (χ1v) is 15.7. The second-order valence-corrected chi connectivity index (χ2v) is 13.0. The lowest BCUT2D eigenvalue weighted by Crippen LogP contribution is -2.40. The Hall–Kier alpha value is -3.46. The summed E-state index contributed by atoms with van der Waals surface area (Å²) in [5, 5.41) is 2.09. The molecular weight excluding hydrogens is 534 g/mol. The number of hydrogen-bond acceptors (Lipinski definition) is 6. The third kappa shape index (κ3) is 7.64. The number of hydrogen-bond donors (Lipinski definition) is 2. The predicted molar refractivity (Wildman–Crippen MR) is 163 cm³/mol. The summed E-state index contributed by atoms with van der Waals surface area (Å²) in [5.41, 5.74) is 8.15. The molecule has 0 bridgehead atoms. The van der Waals surface area contributed by atoms with Gasteiger partial charge in [-0.1, -0.05) is 79.7 Å². The van der Waals surface area contributed by atoms with Crippen molar-refractivity contribution in [2.45, 2.75) is 70.4 Å². The van der Waals surface area contributed by atoms with Crippen LogP contribution in [0.5, 0.6) is 0 Å². The van der Waals surface area contributed by atoms with Gasteiger partial charge < -0.3 is 9.75 Å². The molecule has 1 heterocycles. The molecule has 4 rings (SSSR count). The van der Waals surface area contributed by atoms with Crippen LogP contribution < -0.4 is 10.1 Å². The minimum absolute atomic E-state index is 0.190. The summed E-state index contributed by atoms with van der Waals surface area (Å²) in [6.45, 7) is 10.5. The number of carbonyl (C=O) groups is 1. The molecule has 0 spiro atoms. The molecule has 3 aromatic carbocycles. The highest BCUT2D eigenvalue weighted by Gasteiger charge is 2.36. The number of allylic oxidation sites excluding steroid dienone is 1. The van der Waals surface area contributed by atoms with Crippen molar-refractivity contribution in [2.75, 3.05) is 13.2 Å². The summed E-state index contributed by atoms with van der Waals surface area (Å²) in [4.78, 5) is 13.5. The van der Waals surface area contributed by atoms with Crippen LogP contribution in [0.15, 0.2) is 95.0 Å². The fraction of sp³-hybridized carbons (Fsp3) is 0.364. The van der Waals surface area contributed by atoms with Gasteiger partial charge in [0.05, 0.1) is 23.1 Å². The van der Waals surface area contributed by atoms with E-state index in [1.807, 2.05) is 82.3 Å². The first kappa shape index (κ1) is 30.5. The molecule has 2 N–H and O–H groups in total. The van der Waals surface area contributed by atoms with Crippen molar-refractivity contribution >= 4 is 16.0 Å². The normalized spacial score (nSPS) is 15.8. The SMILES string of the molecule is CCCN1NC(Cc2ccccc2)C(C(=O)OCC)=C1Cc1ccc(-c2ccccc2S(=O)(=O)NC(C)(C)C)cc1. The van der Waals surface area contributed by atoms with Crippen LogP contribution in [0.1, 0.15) is 52.2 Å². The lowest BCUT2D eigenvalue weighted by atomic mass is 9.96. The number of nitrogens with one attached hydrogen (secondary N) is 2. The summed E-state index contributed by atoms with van der Waals surface area (Å²) >= 11 is 0. The monoisotopic (exact) mass is 575 g/mol. The van der Waals surface area contributed by atoms with Crippen molar-refractivity contribution in [3.8, 4) is 11.1 Å². The van der Waals surface area contributed by atoms with Gasteiger partial charge in [-0.3, -0.25) is 0 Å². The zero-order chi connectivity index (χ0) is 29.6. The smallest absolute Gasteiger partial charge is 0.337 e. The van der Waals surface area contributed by atoms with E-state index in [2.05, 4.69) is 34.2 Å². The second kappa shape index (κ2) is 13.0. The van der Waals surface area contributed by atoms with Crippen LogP contribution in [0, 0.1) is 0 Å². The van der Waals surface area contributed by atoms with Gasteiger partial charge in [0.1, 0.15) is 0 Å². The highest BCUT2D eigenvalue weighted by molar-refractivity contribution is 7.89. The molecule has 0 saturated heterocycles.